The molecule has 4 aromatic heterocycles. The third kappa shape index (κ3) is 2.29. The zero-order valence-corrected chi connectivity index (χ0v) is 18.2. The van der Waals surface area contributed by atoms with Gasteiger partial charge in [-0.25, -0.2) is 0 Å². The van der Waals surface area contributed by atoms with E-state index in [-0.39, 0.29) is 0 Å². The SMILES string of the molecule is C(=C1\Cc2ccc3oc4cccc5c6ccc[n+]1c6c2c3c45)/c1ccncc1-c1ccccn1. The van der Waals surface area contributed by atoms with Gasteiger partial charge in [0.2, 0.25) is 5.52 Å². The van der Waals surface area contributed by atoms with E-state index in [9.17, 15) is 0 Å². The molecule has 3 aromatic carbocycles. The van der Waals surface area contributed by atoms with Gasteiger partial charge < -0.3 is 4.42 Å². The van der Waals surface area contributed by atoms with Crippen LogP contribution in [0.25, 0.3) is 66.6 Å². The van der Waals surface area contributed by atoms with Gasteiger partial charge in [-0.2, -0.15) is 4.57 Å². The van der Waals surface area contributed by atoms with E-state index in [0.29, 0.717) is 0 Å². The molecule has 5 heterocycles. The van der Waals surface area contributed by atoms with E-state index in [0.717, 1.165) is 34.4 Å². The van der Waals surface area contributed by atoms with Crippen LogP contribution in [0.1, 0.15) is 11.1 Å². The fraction of sp³-hybridized carbons (Fsp3) is 0.0333. The highest BCUT2D eigenvalue weighted by Crippen LogP contribution is 2.44. The summed E-state index contributed by atoms with van der Waals surface area (Å²) >= 11 is 0. The lowest BCUT2D eigenvalue weighted by molar-refractivity contribution is -0.553. The van der Waals surface area contributed by atoms with E-state index in [4.69, 9.17) is 4.42 Å². The smallest absolute Gasteiger partial charge is 0.227 e. The number of fused-ring (bicyclic) bond motifs is 1. The minimum absolute atomic E-state index is 0.839. The fourth-order valence-corrected chi connectivity index (χ4v) is 5.66. The molecule has 0 fully saturated rings. The van der Waals surface area contributed by atoms with E-state index in [1.165, 1.54) is 43.7 Å². The minimum Gasteiger partial charge on any atom is -0.456 e. The first kappa shape index (κ1) is 17.9. The Balaban J connectivity index is 1.47. The second-order valence-corrected chi connectivity index (χ2v) is 8.88. The highest BCUT2D eigenvalue weighted by molar-refractivity contribution is 6.32. The van der Waals surface area contributed by atoms with Gasteiger partial charge >= 0.3 is 0 Å². The second-order valence-electron chi connectivity index (χ2n) is 8.88. The Morgan fingerprint density at radius 1 is 0.794 bits per heavy atom. The first-order valence-corrected chi connectivity index (χ1v) is 11.5. The van der Waals surface area contributed by atoms with Gasteiger partial charge in [0, 0.05) is 52.5 Å². The van der Waals surface area contributed by atoms with Crippen LogP contribution in [0.5, 0.6) is 0 Å². The third-order valence-corrected chi connectivity index (χ3v) is 7.07. The number of aromatic nitrogens is 3. The summed E-state index contributed by atoms with van der Waals surface area (Å²) in [7, 11) is 0. The van der Waals surface area contributed by atoms with Crippen LogP contribution in [0.3, 0.4) is 0 Å². The number of rotatable bonds is 2. The quantitative estimate of drug-likeness (QED) is 0.226. The van der Waals surface area contributed by atoms with Crippen LogP contribution < -0.4 is 4.57 Å². The number of pyridine rings is 3. The van der Waals surface area contributed by atoms with Gasteiger partial charge in [-0.3, -0.25) is 9.97 Å². The molecule has 0 spiro atoms. The molecule has 0 saturated carbocycles. The molecule has 0 amide bonds. The average molecular weight is 436 g/mol. The Morgan fingerprint density at radius 3 is 2.68 bits per heavy atom. The first-order valence-electron chi connectivity index (χ1n) is 11.5. The standard InChI is InChI=1S/C30H18N3O/c1-2-12-32-24(7-1)23-17-31-13-11-18(23)15-20-16-19-9-10-26-29-27(19)30-22(6-4-14-33(20)30)21-5-3-8-25(34-26)28(21)29/h1-15,17H,16H2/q+1/b20-15-. The largest absolute Gasteiger partial charge is 0.456 e. The molecule has 1 aliphatic heterocycles. The zero-order chi connectivity index (χ0) is 22.2. The van der Waals surface area contributed by atoms with Crippen molar-refractivity contribution in [3.8, 4) is 11.3 Å². The van der Waals surface area contributed by atoms with Crippen molar-refractivity contribution in [2.45, 2.75) is 6.42 Å². The van der Waals surface area contributed by atoms with Crippen molar-refractivity contribution < 1.29 is 8.98 Å². The lowest BCUT2D eigenvalue weighted by Crippen LogP contribution is -2.36. The Kier molecular flexibility index (Phi) is 3.42. The van der Waals surface area contributed by atoms with E-state index in [2.05, 4.69) is 75.3 Å². The normalized spacial score (nSPS) is 14.4. The van der Waals surface area contributed by atoms with Crippen molar-refractivity contribution in [1.29, 1.82) is 0 Å². The summed E-state index contributed by atoms with van der Waals surface area (Å²) < 4.78 is 8.61. The van der Waals surface area contributed by atoms with Gasteiger partial charge in [-0.05, 0) is 47.5 Å². The molecule has 158 valence electrons. The molecule has 0 saturated heterocycles. The molecule has 1 aliphatic rings. The third-order valence-electron chi connectivity index (χ3n) is 7.07. The second kappa shape index (κ2) is 6.49. The van der Waals surface area contributed by atoms with Gasteiger partial charge in [0.15, 0.2) is 11.9 Å². The van der Waals surface area contributed by atoms with E-state index in [1.54, 1.807) is 0 Å². The zero-order valence-electron chi connectivity index (χ0n) is 18.2. The number of allylic oxidation sites excluding steroid dienone is 1. The number of benzene rings is 3. The molecular formula is C30H18N3O+. The molecule has 0 radical (unpaired) electrons. The molecule has 8 rings (SSSR count). The number of furan rings is 1. The van der Waals surface area contributed by atoms with Crippen LogP contribution in [-0.4, -0.2) is 9.97 Å². The van der Waals surface area contributed by atoms with Gasteiger partial charge in [-0.1, -0.05) is 24.3 Å². The maximum absolute atomic E-state index is 6.25. The summed E-state index contributed by atoms with van der Waals surface area (Å²) in [6.07, 6.45) is 10.9. The van der Waals surface area contributed by atoms with Gasteiger partial charge in [0.25, 0.3) is 0 Å². The summed E-state index contributed by atoms with van der Waals surface area (Å²) in [6, 6.07) is 23.2. The molecule has 0 N–H and O–H groups in total. The molecule has 4 nitrogen and oxygen atoms in total. The number of hydrogen-bond acceptors (Lipinski definition) is 3. The molecule has 34 heavy (non-hydrogen) atoms. The van der Waals surface area contributed by atoms with Crippen LogP contribution in [-0.2, 0) is 6.42 Å². The molecule has 4 heteroatoms. The Morgan fingerprint density at radius 2 is 1.74 bits per heavy atom. The van der Waals surface area contributed by atoms with Crippen LogP contribution in [0.4, 0.5) is 0 Å². The Labute approximate surface area is 194 Å². The molecular weight excluding hydrogens is 418 g/mol. The number of hydrogen-bond donors (Lipinski definition) is 0. The van der Waals surface area contributed by atoms with Crippen LogP contribution in [0.2, 0.25) is 0 Å². The van der Waals surface area contributed by atoms with E-state index < -0.39 is 0 Å². The molecule has 0 atom stereocenters. The number of nitrogens with zero attached hydrogens (tertiary/aromatic N) is 3. The molecule has 0 bridgehead atoms. The van der Waals surface area contributed by atoms with Crippen molar-refractivity contribution in [3.05, 3.63) is 103 Å². The fourth-order valence-electron chi connectivity index (χ4n) is 5.66. The summed E-state index contributed by atoms with van der Waals surface area (Å²) in [5.74, 6) is 0. The van der Waals surface area contributed by atoms with Crippen molar-refractivity contribution in [3.63, 3.8) is 0 Å². The maximum Gasteiger partial charge on any atom is 0.227 e. The summed E-state index contributed by atoms with van der Waals surface area (Å²) in [5, 5.41) is 6.28. The summed E-state index contributed by atoms with van der Waals surface area (Å²) in [4.78, 5) is 8.95. The highest BCUT2D eigenvalue weighted by atomic mass is 16.3. The monoisotopic (exact) mass is 436 g/mol. The van der Waals surface area contributed by atoms with Crippen molar-refractivity contribution in [2.24, 2.45) is 0 Å². The van der Waals surface area contributed by atoms with Crippen LogP contribution in [0, 0.1) is 0 Å². The highest BCUT2D eigenvalue weighted by Gasteiger charge is 2.30. The van der Waals surface area contributed by atoms with Crippen LogP contribution in [0.15, 0.2) is 95.9 Å². The lowest BCUT2D eigenvalue weighted by atomic mass is 9.89. The minimum atomic E-state index is 0.839. The maximum atomic E-state index is 6.25. The molecule has 0 unspecified atom stereocenters. The van der Waals surface area contributed by atoms with Gasteiger partial charge in [-0.15, -0.1) is 0 Å². The predicted octanol–water partition coefficient (Wildman–Crippen LogP) is 6.63. The average Bonchev–Trinajstić information content (AvgIpc) is 3.28. The van der Waals surface area contributed by atoms with E-state index in [1.807, 2.05) is 36.8 Å². The molecule has 0 aliphatic carbocycles. The Hall–Kier alpha value is -4.57. The summed E-state index contributed by atoms with van der Waals surface area (Å²) in [6.45, 7) is 0. The van der Waals surface area contributed by atoms with Crippen molar-refractivity contribution in [2.75, 3.05) is 0 Å². The first-order chi connectivity index (χ1) is 16.9. The van der Waals surface area contributed by atoms with Gasteiger partial charge in [0.05, 0.1) is 22.9 Å². The van der Waals surface area contributed by atoms with Crippen molar-refractivity contribution in [1.82, 2.24) is 9.97 Å². The predicted molar refractivity (Wildman–Crippen MR) is 135 cm³/mol. The topological polar surface area (TPSA) is 42.8 Å². The Bertz CT molecular complexity index is 1930. The van der Waals surface area contributed by atoms with Crippen molar-refractivity contribution >= 4 is 55.4 Å². The lowest BCUT2D eigenvalue weighted by Gasteiger charge is -2.17. The molecule has 7 aromatic rings. The summed E-state index contributed by atoms with van der Waals surface area (Å²) in [5.41, 5.74) is 8.79. The van der Waals surface area contributed by atoms with E-state index >= 15 is 0 Å². The van der Waals surface area contributed by atoms with Crippen LogP contribution >= 0.6 is 0 Å². The van der Waals surface area contributed by atoms with Gasteiger partial charge in [0.1, 0.15) is 11.2 Å².